The number of carbonyl (C=O) groups is 2. The molecule has 102 valence electrons. The van der Waals surface area contributed by atoms with Crippen molar-refractivity contribution in [2.45, 2.75) is 25.8 Å². The second-order valence-corrected chi connectivity index (χ2v) is 5.05. The zero-order chi connectivity index (χ0) is 14.0. The minimum Gasteiger partial charge on any atom is -0.398 e. The Morgan fingerprint density at radius 1 is 1.47 bits per heavy atom. The third kappa shape index (κ3) is 3.05. The number of aryl methyl sites for hydroxylation is 1. The third-order valence-electron chi connectivity index (χ3n) is 3.50. The first-order chi connectivity index (χ1) is 8.97. The van der Waals surface area contributed by atoms with Gasteiger partial charge < -0.3 is 16.0 Å². The molecule has 1 atom stereocenters. The van der Waals surface area contributed by atoms with Crippen LogP contribution in [0.4, 0.5) is 5.69 Å². The van der Waals surface area contributed by atoms with Crippen LogP contribution in [0.5, 0.6) is 0 Å². The molecule has 19 heavy (non-hydrogen) atoms. The van der Waals surface area contributed by atoms with E-state index in [4.69, 9.17) is 5.73 Å². The van der Waals surface area contributed by atoms with Crippen molar-refractivity contribution in [3.05, 3.63) is 29.3 Å². The molecule has 1 aliphatic rings. The summed E-state index contributed by atoms with van der Waals surface area (Å²) in [4.78, 5) is 25.1. The van der Waals surface area contributed by atoms with Gasteiger partial charge in [0.15, 0.2) is 0 Å². The molecule has 5 heteroatoms. The predicted molar refractivity (Wildman–Crippen MR) is 73.7 cm³/mol. The zero-order valence-electron chi connectivity index (χ0n) is 11.3. The Bertz CT molecular complexity index is 513. The van der Waals surface area contributed by atoms with E-state index in [0.29, 0.717) is 30.6 Å². The number of benzene rings is 1. The van der Waals surface area contributed by atoms with Crippen molar-refractivity contribution >= 4 is 17.5 Å². The van der Waals surface area contributed by atoms with Gasteiger partial charge in [-0.3, -0.25) is 9.59 Å². The molecule has 2 amide bonds. The van der Waals surface area contributed by atoms with E-state index in [1.54, 1.807) is 24.1 Å². The quantitative estimate of drug-likeness (QED) is 0.778. The number of likely N-dealkylation sites (tertiary alicyclic amines) is 1. The van der Waals surface area contributed by atoms with E-state index in [9.17, 15) is 9.59 Å². The Labute approximate surface area is 112 Å². The number of hydrogen-bond donors (Lipinski definition) is 2. The Balaban J connectivity index is 2.01. The van der Waals surface area contributed by atoms with Gasteiger partial charge >= 0.3 is 0 Å². The Morgan fingerprint density at radius 3 is 2.84 bits per heavy atom. The minimum absolute atomic E-state index is 0.0118. The highest BCUT2D eigenvalue weighted by molar-refractivity contribution is 5.95. The Kier molecular flexibility index (Phi) is 3.74. The van der Waals surface area contributed by atoms with Crippen molar-refractivity contribution in [3.8, 4) is 0 Å². The van der Waals surface area contributed by atoms with Crippen LogP contribution in [0.15, 0.2) is 18.2 Å². The van der Waals surface area contributed by atoms with Gasteiger partial charge in [0, 0.05) is 37.3 Å². The average molecular weight is 261 g/mol. The normalized spacial score (nSPS) is 19.4. The molecular weight excluding hydrogens is 242 g/mol. The Hall–Kier alpha value is -2.04. The number of hydrogen-bond acceptors (Lipinski definition) is 3. The third-order valence-corrected chi connectivity index (χ3v) is 3.50. The summed E-state index contributed by atoms with van der Waals surface area (Å²) in [6, 6.07) is 5.29. The van der Waals surface area contributed by atoms with Crippen LogP contribution in [-0.2, 0) is 4.79 Å². The van der Waals surface area contributed by atoms with Gasteiger partial charge in [-0.1, -0.05) is 6.07 Å². The SMILES string of the molecule is Cc1ccc(C(=O)NC2CCC(=O)N(C)C2)cc1N. The summed E-state index contributed by atoms with van der Waals surface area (Å²) in [7, 11) is 1.75. The van der Waals surface area contributed by atoms with Gasteiger partial charge in [0.2, 0.25) is 5.91 Å². The van der Waals surface area contributed by atoms with Crippen LogP contribution in [-0.4, -0.2) is 36.3 Å². The van der Waals surface area contributed by atoms with Crippen LogP contribution in [0, 0.1) is 6.92 Å². The first-order valence-electron chi connectivity index (χ1n) is 6.38. The summed E-state index contributed by atoms with van der Waals surface area (Å²) in [6.45, 7) is 2.46. The molecular formula is C14H19N3O2. The molecule has 0 aromatic heterocycles. The second kappa shape index (κ2) is 5.30. The lowest BCUT2D eigenvalue weighted by Crippen LogP contribution is -2.48. The number of nitrogens with zero attached hydrogens (tertiary/aromatic N) is 1. The van der Waals surface area contributed by atoms with Gasteiger partial charge in [0.1, 0.15) is 0 Å². The highest BCUT2D eigenvalue weighted by Gasteiger charge is 2.24. The lowest BCUT2D eigenvalue weighted by Gasteiger charge is -2.30. The van der Waals surface area contributed by atoms with E-state index in [-0.39, 0.29) is 17.9 Å². The minimum atomic E-state index is -0.139. The molecule has 0 spiro atoms. The number of nitrogen functional groups attached to an aromatic ring is 1. The fourth-order valence-electron chi connectivity index (χ4n) is 2.18. The number of piperidine rings is 1. The topological polar surface area (TPSA) is 75.4 Å². The lowest BCUT2D eigenvalue weighted by atomic mass is 10.0. The molecule has 0 bridgehead atoms. The average Bonchev–Trinajstić information content (AvgIpc) is 2.37. The molecule has 0 aliphatic carbocycles. The van der Waals surface area contributed by atoms with Crippen molar-refractivity contribution in [2.75, 3.05) is 19.3 Å². The van der Waals surface area contributed by atoms with Crippen molar-refractivity contribution in [1.29, 1.82) is 0 Å². The smallest absolute Gasteiger partial charge is 0.251 e. The number of likely N-dealkylation sites (N-methyl/N-ethyl adjacent to an activating group) is 1. The first-order valence-corrected chi connectivity index (χ1v) is 6.38. The standard InChI is InChI=1S/C14H19N3O2/c1-9-3-4-10(7-12(9)15)14(19)16-11-5-6-13(18)17(2)8-11/h3-4,7,11H,5-6,8,15H2,1-2H3,(H,16,19). The van der Waals surface area contributed by atoms with Crippen molar-refractivity contribution in [3.63, 3.8) is 0 Å². The van der Waals surface area contributed by atoms with Crippen LogP contribution in [0.2, 0.25) is 0 Å². The summed E-state index contributed by atoms with van der Waals surface area (Å²) < 4.78 is 0. The molecule has 1 fully saturated rings. The van der Waals surface area contributed by atoms with Crippen LogP contribution in [0.25, 0.3) is 0 Å². The fourth-order valence-corrected chi connectivity index (χ4v) is 2.18. The van der Waals surface area contributed by atoms with Crippen molar-refractivity contribution < 1.29 is 9.59 Å². The Morgan fingerprint density at radius 2 is 2.21 bits per heavy atom. The molecule has 1 aromatic rings. The summed E-state index contributed by atoms with van der Waals surface area (Å²) >= 11 is 0. The molecule has 1 unspecified atom stereocenters. The van der Waals surface area contributed by atoms with Crippen LogP contribution < -0.4 is 11.1 Å². The van der Waals surface area contributed by atoms with Gasteiger partial charge in [-0.25, -0.2) is 0 Å². The van der Waals surface area contributed by atoms with E-state index in [0.717, 1.165) is 5.56 Å². The molecule has 5 nitrogen and oxygen atoms in total. The molecule has 1 heterocycles. The van der Waals surface area contributed by atoms with Gasteiger partial charge in [-0.15, -0.1) is 0 Å². The van der Waals surface area contributed by atoms with E-state index in [1.807, 2.05) is 13.0 Å². The summed E-state index contributed by atoms with van der Waals surface area (Å²) in [6.07, 6.45) is 1.17. The van der Waals surface area contributed by atoms with E-state index in [2.05, 4.69) is 5.32 Å². The van der Waals surface area contributed by atoms with E-state index < -0.39 is 0 Å². The summed E-state index contributed by atoms with van der Waals surface area (Å²) in [5.74, 6) is -0.00970. The summed E-state index contributed by atoms with van der Waals surface area (Å²) in [5, 5.41) is 2.94. The highest BCUT2D eigenvalue weighted by atomic mass is 16.2. The van der Waals surface area contributed by atoms with Gasteiger partial charge in [0.05, 0.1) is 0 Å². The zero-order valence-corrected chi connectivity index (χ0v) is 11.3. The number of nitrogens with one attached hydrogen (secondary N) is 1. The maximum atomic E-state index is 12.1. The van der Waals surface area contributed by atoms with Gasteiger partial charge in [-0.05, 0) is 31.0 Å². The highest BCUT2D eigenvalue weighted by Crippen LogP contribution is 2.14. The maximum Gasteiger partial charge on any atom is 0.251 e. The van der Waals surface area contributed by atoms with Crippen molar-refractivity contribution in [2.24, 2.45) is 0 Å². The molecule has 1 aromatic carbocycles. The molecule has 2 rings (SSSR count). The molecule has 0 saturated carbocycles. The second-order valence-electron chi connectivity index (χ2n) is 5.05. The fraction of sp³-hybridized carbons (Fsp3) is 0.429. The largest absolute Gasteiger partial charge is 0.398 e. The number of anilines is 1. The first kappa shape index (κ1) is 13.4. The van der Waals surface area contributed by atoms with E-state index in [1.165, 1.54) is 0 Å². The maximum absolute atomic E-state index is 12.1. The summed E-state index contributed by atoms with van der Waals surface area (Å²) in [5.41, 5.74) is 7.93. The lowest BCUT2D eigenvalue weighted by molar-refractivity contribution is -0.132. The van der Waals surface area contributed by atoms with E-state index >= 15 is 0 Å². The van der Waals surface area contributed by atoms with Crippen LogP contribution >= 0.6 is 0 Å². The predicted octanol–water partition coefficient (Wildman–Crippen LogP) is 0.928. The van der Waals surface area contributed by atoms with Gasteiger partial charge in [-0.2, -0.15) is 0 Å². The van der Waals surface area contributed by atoms with Gasteiger partial charge in [0.25, 0.3) is 5.91 Å². The molecule has 1 saturated heterocycles. The number of amides is 2. The monoisotopic (exact) mass is 261 g/mol. The number of nitrogens with two attached hydrogens (primary N) is 1. The number of carbonyl (C=O) groups excluding carboxylic acids is 2. The van der Waals surface area contributed by atoms with Crippen LogP contribution in [0.3, 0.4) is 0 Å². The molecule has 3 N–H and O–H groups in total. The molecule has 1 aliphatic heterocycles. The van der Waals surface area contributed by atoms with Crippen LogP contribution in [0.1, 0.15) is 28.8 Å². The molecule has 0 radical (unpaired) electrons. The van der Waals surface area contributed by atoms with Crippen molar-refractivity contribution in [1.82, 2.24) is 10.2 Å². The number of rotatable bonds is 2.